The van der Waals surface area contributed by atoms with E-state index in [1.807, 2.05) is 0 Å². The van der Waals surface area contributed by atoms with E-state index in [2.05, 4.69) is 30.8 Å². The monoisotopic (exact) mass is 381 g/mol. The number of phosphoric acid groups is 1. The molecule has 0 amide bonds. The Hall–Kier alpha value is -0.920. The van der Waals surface area contributed by atoms with Crippen molar-refractivity contribution in [3.05, 3.63) is 28.7 Å². The van der Waals surface area contributed by atoms with E-state index in [9.17, 15) is 14.3 Å². The summed E-state index contributed by atoms with van der Waals surface area (Å²) in [6, 6.07) is 5.30. The molecule has 0 bridgehead atoms. The van der Waals surface area contributed by atoms with Crippen LogP contribution in [0.2, 0.25) is 0 Å². The second-order valence-electron chi connectivity index (χ2n) is 4.47. The molecule has 0 heterocycles. The third-order valence-corrected chi connectivity index (χ3v) is 3.79. The van der Waals surface area contributed by atoms with E-state index < -0.39 is 19.8 Å². The highest BCUT2D eigenvalue weighted by Gasteiger charge is 2.33. The van der Waals surface area contributed by atoms with E-state index >= 15 is 0 Å². The lowest BCUT2D eigenvalue weighted by Gasteiger charge is -2.20. The fourth-order valence-electron chi connectivity index (χ4n) is 1.40. The van der Waals surface area contributed by atoms with Crippen molar-refractivity contribution in [2.75, 3.05) is 7.11 Å². The molecule has 0 radical (unpaired) electrons. The van der Waals surface area contributed by atoms with Crippen LogP contribution in [0.3, 0.4) is 0 Å². The van der Waals surface area contributed by atoms with Gasteiger partial charge in [-0.05, 0) is 30.2 Å². The lowest BCUT2D eigenvalue weighted by Crippen LogP contribution is -2.41. The summed E-state index contributed by atoms with van der Waals surface area (Å²) >= 11 is 3.22. The van der Waals surface area contributed by atoms with Gasteiger partial charge in [-0.2, -0.15) is 5.48 Å². The van der Waals surface area contributed by atoms with Gasteiger partial charge in [0.2, 0.25) is 0 Å². The van der Waals surface area contributed by atoms with Crippen molar-refractivity contribution in [2.45, 2.75) is 19.9 Å². The van der Waals surface area contributed by atoms with Gasteiger partial charge in [-0.15, -0.1) is 0 Å². The number of hydrogen-bond donors (Lipinski definition) is 2. The van der Waals surface area contributed by atoms with Gasteiger partial charge in [-0.1, -0.05) is 29.8 Å². The standard InChI is InChI=1S/C12H17BrNO6P/c1-8(2)11(14-18-3)12(15)20-21(16,17)19-10-6-4-9(13)5-7-10/h4-8,11,14H,1-3H3,(H,16,17)/t11-/m0/s1. The highest BCUT2D eigenvalue weighted by molar-refractivity contribution is 9.10. The first-order valence-electron chi connectivity index (χ1n) is 6.05. The molecule has 0 aliphatic carbocycles. The molecule has 0 spiro atoms. The molecule has 0 aliphatic rings. The Kier molecular flexibility index (Phi) is 6.83. The van der Waals surface area contributed by atoms with Gasteiger partial charge < -0.3 is 13.9 Å². The molecule has 1 unspecified atom stereocenters. The highest BCUT2D eigenvalue weighted by Crippen LogP contribution is 2.44. The Labute approximate surface area is 131 Å². The quantitative estimate of drug-likeness (QED) is 0.553. The van der Waals surface area contributed by atoms with Gasteiger partial charge >= 0.3 is 13.8 Å². The number of hydrogen-bond acceptors (Lipinski definition) is 6. The summed E-state index contributed by atoms with van der Waals surface area (Å²) < 4.78 is 22.0. The van der Waals surface area contributed by atoms with Crippen molar-refractivity contribution in [3.8, 4) is 5.75 Å². The first-order valence-corrected chi connectivity index (χ1v) is 8.34. The second kappa shape index (κ2) is 7.91. The van der Waals surface area contributed by atoms with Gasteiger partial charge in [-0.25, -0.2) is 9.36 Å². The van der Waals surface area contributed by atoms with Crippen LogP contribution in [0.15, 0.2) is 28.7 Å². The Morgan fingerprint density at radius 2 is 1.90 bits per heavy atom. The van der Waals surface area contributed by atoms with Crippen LogP contribution >= 0.6 is 23.8 Å². The average Bonchev–Trinajstić information content (AvgIpc) is 2.37. The average molecular weight is 382 g/mol. The molecule has 0 fully saturated rings. The predicted molar refractivity (Wildman–Crippen MR) is 79.5 cm³/mol. The van der Waals surface area contributed by atoms with Crippen LogP contribution in [0.1, 0.15) is 13.8 Å². The summed E-state index contributed by atoms with van der Waals surface area (Å²) in [4.78, 5) is 26.1. The van der Waals surface area contributed by atoms with Crippen molar-refractivity contribution < 1.29 is 28.1 Å². The first-order chi connectivity index (χ1) is 9.75. The molecule has 21 heavy (non-hydrogen) atoms. The van der Waals surface area contributed by atoms with Crippen molar-refractivity contribution in [2.24, 2.45) is 5.92 Å². The Morgan fingerprint density at radius 1 is 1.33 bits per heavy atom. The number of carbonyl (C=O) groups excluding carboxylic acids is 1. The number of halogens is 1. The molecule has 1 aromatic carbocycles. The molecule has 2 N–H and O–H groups in total. The van der Waals surface area contributed by atoms with Crippen molar-refractivity contribution in [1.29, 1.82) is 0 Å². The SMILES string of the molecule is CON[C@H](C(=O)OP(=O)(O)Oc1ccc(Br)cc1)C(C)C. The van der Waals surface area contributed by atoms with Gasteiger partial charge in [0, 0.05) is 4.47 Å². The molecule has 9 heteroatoms. The number of benzene rings is 1. The smallest absolute Gasteiger partial charge is 0.395 e. The maximum absolute atomic E-state index is 11.9. The van der Waals surface area contributed by atoms with Crippen molar-refractivity contribution in [3.63, 3.8) is 0 Å². The lowest BCUT2D eigenvalue weighted by molar-refractivity contribution is -0.143. The number of phosphoric ester groups is 1. The fraction of sp³-hybridized carbons (Fsp3) is 0.417. The third kappa shape index (κ3) is 6.15. The minimum absolute atomic E-state index is 0.109. The summed E-state index contributed by atoms with van der Waals surface area (Å²) in [6.07, 6.45) is 0. The minimum Gasteiger partial charge on any atom is -0.395 e. The maximum Gasteiger partial charge on any atom is 0.587 e. The van der Waals surface area contributed by atoms with Crippen LogP contribution in [0.25, 0.3) is 0 Å². The zero-order valence-electron chi connectivity index (χ0n) is 11.8. The van der Waals surface area contributed by atoms with Crippen molar-refractivity contribution >= 4 is 29.7 Å². The van der Waals surface area contributed by atoms with Gasteiger partial charge in [0.05, 0.1) is 7.11 Å². The first kappa shape index (κ1) is 18.1. The predicted octanol–water partition coefficient (Wildman–Crippen LogP) is 2.65. The molecule has 1 aromatic rings. The topological polar surface area (TPSA) is 94.1 Å². The maximum atomic E-state index is 11.9. The second-order valence-corrected chi connectivity index (χ2v) is 6.69. The fourth-order valence-corrected chi connectivity index (χ4v) is 2.43. The zero-order valence-corrected chi connectivity index (χ0v) is 14.3. The number of hydroxylamine groups is 1. The van der Waals surface area contributed by atoms with E-state index in [0.29, 0.717) is 0 Å². The minimum atomic E-state index is -4.56. The molecule has 7 nitrogen and oxygen atoms in total. The molecule has 0 aromatic heterocycles. The molecule has 1 rings (SSSR count). The Bertz CT molecular complexity index is 521. The van der Waals surface area contributed by atoms with Crippen LogP contribution in [-0.2, 0) is 18.7 Å². The molecular weight excluding hydrogens is 365 g/mol. The summed E-state index contributed by atoms with van der Waals surface area (Å²) in [5.41, 5.74) is 2.41. The zero-order chi connectivity index (χ0) is 16.0. The summed E-state index contributed by atoms with van der Waals surface area (Å²) in [6.45, 7) is 3.46. The third-order valence-electron chi connectivity index (χ3n) is 2.41. The van der Waals surface area contributed by atoms with Gasteiger partial charge in [0.15, 0.2) is 0 Å². The van der Waals surface area contributed by atoms with Crippen LogP contribution < -0.4 is 10.0 Å². The lowest BCUT2D eigenvalue weighted by atomic mass is 10.1. The van der Waals surface area contributed by atoms with E-state index in [1.54, 1.807) is 26.0 Å². The van der Waals surface area contributed by atoms with E-state index in [-0.39, 0.29) is 11.7 Å². The molecule has 0 saturated carbocycles. The number of rotatable bonds is 7. The van der Waals surface area contributed by atoms with Crippen molar-refractivity contribution in [1.82, 2.24) is 5.48 Å². The van der Waals surface area contributed by atoms with Crippen LogP contribution in [0.4, 0.5) is 0 Å². The van der Waals surface area contributed by atoms with Crippen LogP contribution in [-0.4, -0.2) is 24.0 Å². The molecular formula is C12H17BrNO6P. The van der Waals surface area contributed by atoms with Crippen LogP contribution in [0.5, 0.6) is 5.75 Å². The molecule has 2 atom stereocenters. The van der Waals surface area contributed by atoms with Gasteiger partial charge in [0.25, 0.3) is 0 Å². The highest BCUT2D eigenvalue weighted by atomic mass is 79.9. The van der Waals surface area contributed by atoms with Crippen LogP contribution in [0, 0.1) is 5.92 Å². The van der Waals surface area contributed by atoms with E-state index in [1.165, 1.54) is 19.2 Å². The normalized spacial score (nSPS) is 15.3. The van der Waals surface area contributed by atoms with E-state index in [4.69, 9.17) is 4.52 Å². The summed E-state index contributed by atoms with van der Waals surface area (Å²) in [5.74, 6) is -1.03. The van der Waals surface area contributed by atoms with E-state index in [0.717, 1.165) is 4.47 Å². The Balaban J connectivity index is 2.72. The molecule has 0 aliphatic heterocycles. The Morgan fingerprint density at radius 3 is 2.38 bits per heavy atom. The molecule has 118 valence electrons. The van der Waals surface area contributed by atoms with Gasteiger partial charge in [0.1, 0.15) is 11.8 Å². The van der Waals surface area contributed by atoms with Gasteiger partial charge in [-0.3, -0.25) is 4.89 Å². The summed E-state index contributed by atoms with van der Waals surface area (Å²) in [7, 11) is -3.23. The largest absolute Gasteiger partial charge is 0.587 e. The number of carbonyl (C=O) groups is 1. The molecule has 0 saturated heterocycles. The number of nitrogens with one attached hydrogen (secondary N) is 1. The summed E-state index contributed by atoms with van der Waals surface area (Å²) in [5, 5.41) is 0.